The van der Waals surface area contributed by atoms with Crippen molar-refractivity contribution in [1.29, 1.82) is 0 Å². The van der Waals surface area contributed by atoms with Crippen LogP contribution < -0.4 is 0 Å². The Morgan fingerprint density at radius 3 is 1.27 bits per heavy atom. The molecular weight excluding hydrogens is 140 g/mol. The molecule has 0 spiro atoms. The molecule has 0 saturated heterocycles. The Morgan fingerprint density at radius 1 is 0.909 bits per heavy atom. The molecule has 0 radical (unpaired) electrons. The fraction of sp³-hybridized carbons (Fsp3) is 0.444. The first-order valence-corrected chi connectivity index (χ1v) is 3.79. The van der Waals surface area contributed by atoms with Gasteiger partial charge in [-0.25, -0.2) is 0 Å². The molecule has 0 heterocycles. The molecule has 0 aromatic heterocycles. The Labute approximate surface area is 67.2 Å². The highest BCUT2D eigenvalue weighted by Crippen LogP contribution is 2.02. The maximum absolute atomic E-state index is 8.36. The Hall–Kier alpha value is -1.05. The maximum Gasteiger partial charge on any atom is 0.290 e. The first kappa shape index (κ1) is 9.95. The highest BCUT2D eigenvalue weighted by atomic mass is 16.3. The largest absolute Gasteiger partial charge is 0.483 e. The van der Waals surface area contributed by atoms with E-state index in [9.17, 15) is 0 Å². The first-order chi connectivity index (χ1) is 5.41. The molecule has 1 aliphatic carbocycles. The molecule has 11 heavy (non-hydrogen) atoms. The topological polar surface area (TPSA) is 37.3 Å². The minimum atomic E-state index is -0.250. The lowest BCUT2D eigenvalue weighted by molar-refractivity contribution is -0.122. The fourth-order valence-corrected chi connectivity index (χ4v) is 0.856. The van der Waals surface area contributed by atoms with E-state index in [1.165, 1.54) is 25.7 Å². The summed E-state index contributed by atoms with van der Waals surface area (Å²) in [4.78, 5) is 8.36. The maximum atomic E-state index is 8.36. The minimum Gasteiger partial charge on any atom is -0.483 e. The van der Waals surface area contributed by atoms with Gasteiger partial charge in [-0.3, -0.25) is 4.79 Å². The van der Waals surface area contributed by atoms with E-state index in [1.54, 1.807) is 0 Å². The summed E-state index contributed by atoms with van der Waals surface area (Å²) in [7, 11) is 0. The van der Waals surface area contributed by atoms with Gasteiger partial charge in [-0.15, -0.1) is 0 Å². The van der Waals surface area contributed by atoms with E-state index in [0.29, 0.717) is 0 Å². The summed E-state index contributed by atoms with van der Waals surface area (Å²) in [5.74, 6) is 0. The van der Waals surface area contributed by atoms with Crippen LogP contribution in [0.5, 0.6) is 0 Å². The number of allylic oxidation sites excluding steroid dienone is 4. The summed E-state index contributed by atoms with van der Waals surface area (Å²) in [6.07, 6.45) is 14.0. The highest BCUT2D eigenvalue weighted by Gasteiger charge is 1.81. The second kappa shape index (κ2) is 8.95. The Kier molecular flexibility index (Phi) is 8.10. The van der Waals surface area contributed by atoms with Gasteiger partial charge < -0.3 is 5.11 Å². The average molecular weight is 154 g/mol. The molecule has 0 unspecified atom stereocenters. The average Bonchev–Trinajstić information content (AvgIpc) is 1.86. The Balaban J connectivity index is 0.000000292. The zero-order chi connectivity index (χ0) is 8.36. The van der Waals surface area contributed by atoms with Gasteiger partial charge >= 0.3 is 0 Å². The molecule has 1 rings (SSSR count). The van der Waals surface area contributed by atoms with E-state index in [1.807, 2.05) is 0 Å². The van der Waals surface area contributed by atoms with Gasteiger partial charge in [0.15, 0.2) is 0 Å². The summed E-state index contributed by atoms with van der Waals surface area (Å²) in [5.41, 5.74) is 0. The molecule has 2 heteroatoms. The SMILES string of the molecule is C1=C\CC/C=C\CC/1.O=CO. The van der Waals surface area contributed by atoms with Crippen LogP contribution >= 0.6 is 0 Å². The fourth-order valence-electron chi connectivity index (χ4n) is 0.856. The van der Waals surface area contributed by atoms with Crippen LogP contribution in [0.25, 0.3) is 0 Å². The Morgan fingerprint density at radius 2 is 1.09 bits per heavy atom. The molecular formula is C9H14O2. The van der Waals surface area contributed by atoms with Gasteiger partial charge in [-0.05, 0) is 25.7 Å². The van der Waals surface area contributed by atoms with Crippen molar-refractivity contribution in [3.05, 3.63) is 24.3 Å². The molecule has 62 valence electrons. The van der Waals surface area contributed by atoms with E-state index >= 15 is 0 Å². The molecule has 0 aromatic carbocycles. The van der Waals surface area contributed by atoms with Gasteiger partial charge in [0.2, 0.25) is 0 Å². The summed E-state index contributed by atoms with van der Waals surface area (Å²) in [6, 6.07) is 0. The molecule has 1 aliphatic rings. The first-order valence-electron chi connectivity index (χ1n) is 3.79. The van der Waals surface area contributed by atoms with Gasteiger partial charge in [-0.2, -0.15) is 0 Å². The van der Waals surface area contributed by atoms with Crippen molar-refractivity contribution in [1.82, 2.24) is 0 Å². The van der Waals surface area contributed by atoms with Crippen LogP contribution in [-0.2, 0) is 4.79 Å². The molecule has 0 bridgehead atoms. The number of hydrogen-bond donors (Lipinski definition) is 1. The van der Waals surface area contributed by atoms with Crippen LogP contribution in [0.15, 0.2) is 24.3 Å². The molecule has 0 amide bonds. The van der Waals surface area contributed by atoms with E-state index in [2.05, 4.69) is 24.3 Å². The lowest BCUT2D eigenvalue weighted by atomic mass is 10.1. The lowest BCUT2D eigenvalue weighted by Gasteiger charge is -1.92. The molecule has 2 nitrogen and oxygen atoms in total. The second-order valence-electron chi connectivity index (χ2n) is 2.20. The highest BCUT2D eigenvalue weighted by molar-refractivity contribution is 5.32. The number of carbonyl (C=O) groups is 1. The predicted molar refractivity (Wildman–Crippen MR) is 45.4 cm³/mol. The molecule has 0 aliphatic heterocycles. The van der Waals surface area contributed by atoms with Crippen molar-refractivity contribution >= 4 is 6.47 Å². The predicted octanol–water partition coefficient (Wildman–Crippen LogP) is 2.37. The van der Waals surface area contributed by atoms with Gasteiger partial charge in [-0.1, -0.05) is 24.3 Å². The minimum absolute atomic E-state index is 0.250. The third kappa shape index (κ3) is 8.95. The monoisotopic (exact) mass is 154 g/mol. The van der Waals surface area contributed by atoms with E-state index in [0.717, 1.165) is 0 Å². The van der Waals surface area contributed by atoms with Crippen LogP contribution in [-0.4, -0.2) is 11.6 Å². The lowest BCUT2D eigenvalue weighted by Crippen LogP contribution is -1.71. The number of hydrogen-bond acceptors (Lipinski definition) is 1. The van der Waals surface area contributed by atoms with Crippen LogP contribution in [0.1, 0.15) is 25.7 Å². The van der Waals surface area contributed by atoms with Gasteiger partial charge in [0.25, 0.3) is 6.47 Å². The molecule has 1 N–H and O–H groups in total. The van der Waals surface area contributed by atoms with Crippen LogP contribution in [0, 0.1) is 0 Å². The van der Waals surface area contributed by atoms with Gasteiger partial charge in [0.05, 0.1) is 0 Å². The van der Waals surface area contributed by atoms with E-state index in [-0.39, 0.29) is 6.47 Å². The van der Waals surface area contributed by atoms with Crippen LogP contribution in [0.4, 0.5) is 0 Å². The standard InChI is InChI=1S/C8H12.CH2O2/c1-2-4-6-8-7-5-3-1;2-1-3/h1-2,7-8H,3-6H2;1H,(H,2,3)/b2-1-,8-7-;. The van der Waals surface area contributed by atoms with E-state index < -0.39 is 0 Å². The third-order valence-corrected chi connectivity index (χ3v) is 1.33. The molecule has 0 aromatic rings. The van der Waals surface area contributed by atoms with Crippen molar-refractivity contribution in [3.63, 3.8) is 0 Å². The van der Waals surface area contributed by atoms with E-state index in [4.69, 9.17) is 9.90 Å². The quantitative estimate of drug-likeness (QED) is 0.429. The number of carboxylic acid groups (broad SMARTS) is 1. The smallest absolute Gasteiger partial charge is 0.290 e. The van der Waals surface area contributed by atoms with Crippen molar-refractivity contribution in [2.75, 3.05) is 0 Å². The molecule has 0 saturated carbocycles. The van der Waals surface area contributed by atoms with Crippen LogP contribution in [0.3, 0.4) is 0 Å². The Bertz CT molecular complexity index is 110. The molecule has 0 fully saturated rings. The van der Waals surface area contributed by atoms with Crippen LogP contribution in [0.2, 0.25) is 0 Å². The molecule has 0 atom stereocenters. The summed E-state index contributed by atoms with van der Waals surface area (Å²) in [5, 5.41) is 6.89. The normalized spacial score (nSPS) is 21.5. The van der Waals surface area contributed by atoms with Gasteiger partial charge in [0.1, 0.15) is 0 Å². The zero-order valence-corrected chi connectivity index (χ0v) is 6.57. The summed E-state index contributed by atoms with van der Waals surface area (Å²) in [6.45, 7) is -0.250. The number of rotatable bonds is 0. The zero-order valence-electron chi connectivity index (χ0n) is 6.57. The van der Waals surface area contributed by atoms with Crippen molar-refractivity contribution < 1.29 is 9.90 Å². The van der Waals surface area contributed by atoms with Crippen molar-refractivity contribution in [3.8, 4) is 0 Å². The summed E-state index contributed by atoms with van der Waals surface area (Å²) < 4.78 is 0. The van der Waals surface area contributed by atoms with Crippen molar-refractivity contribution in [2.24, 2.45) is 0 Å². The third-order valence-electron chi connectivity index (χ3n) is 1.33. The second-order valence-corrected chi connectivity index (χ2v) is 2.20. The van der Waals surface area contributed by atoms with Gasteiger partial charge in [0, 0.05) is 0 Å². The van der Waals surface area contributed by atoms with Crippen molar-refractivity contribution in [2.45, 2.75) is 25.7 Å². The summed E-state index contributed by atoms with van der Waals surface area (Å²) >= 11 is 0.